The van der Waals surface area contributed by atoms with Gasteiger partial charge >= 0.3 is 0 Å². The molecule has 1 amide bonds. The fraction of sp³-hybridized carbons (Fsp3) is 0.250. The molecule has 0 unspecified atom stereocenters. The van der Waals surface area contributed by atoms with Gasteiger partial charge in [-0.3, -0.25) is 4.79 Å². The Morgan fingerprint density at radius 1 is 1.38 bits per heavy atom. The second-order valence-corrected chi connectivity index (χ2v) is 4.60. The normalized spacial score (nSPS) is 10.1. The summed E-state index contributed by atoms with van der Waals surface area (Å²) in [5.41, 5.74) is 2.74. The Hall–Kier alpha value is -2.56. The predicted octanol–water partition coefficient (Wildman–Crippen LogP) is 2.43. The Morgan fingerprint density at radius 3 is 2.81 bits per heavy atom. The Morgan fingerprint density at radius 2 is 2.14 bits per heavy atom. The highest BCUT2D eigenvalue weighted by molar-refractivity contribution is 5.94. The van der Waals surface area contributed by atoms with E-state index >= 15 is 0 Å². The maximum Gasteiger partial charge on any atom is 0.251 e. The minimum atomic E-state index is -0.0921. The monoisotopic (exact) mass is 284 g/mol. The van der Waals surface area contributed by atoms with Gasteiger partial charge in [0.15, 0.2) is 0 Å². The third-order valence-electron chi connectivity index (χ3n) is 3.17. The first-order chi connectivity index (χ1) is 10.2. The summed E-state index contributed by atoms with van der Waals surface area (Å²) in [4.78, 5) is 15.9. The van der Waals surface area contributed by atoms with Gasteiger partial charge in [0.2, 0.25) is 0 Å². The highest BCUT2D eigenvalue weighted by Crippen LogP contribution is 2.11. The number of imidazole rings is 1. The molecule has 5 nitrogen and oxygen atoms in total. The van der Waals surface area contributed by atoms with Crippen molar-refractivity contribution in [1.82, 2.24) is 14.9 Å². The minimum absolute atomic E-state index is 0.0921. The van der Waals surface area contributed by atoms with E-state index in [2.05, 4.69) is 33.7 Å². The number of hydrogen-bond acceptors (Lipinski definition) is 3. The van der Waals surface area contributed by atoms with E-state index in [1.54, 1.807) is 18.2 Å². The molecule has 2 aromatic rings. The summed E-state index contributed by atoms with van der Waals surface area (Å²) < 4.78 is 2.09. The van der Waals surface area contributed by atoms with Crippen molar-refractivity contribution < 1.29 is 4.79 Å². The number of benzene rings is 1. The first kappa shape index (κ1) is 14.8. The molecular formula is C16H20N4O. The number of nitrogens with zero attached hydrogens (tertiary/aromatic N) is 2. The summed E-state index contributed by atoms with van der Waals surface area (Å²) in [7, 11) is 0. The molecule has 1 aromatic heterocycles. The van der Waals surface area contributed by atoms with Crippen LogP contribution in [0.15, 0.2) is 49.4 Å². The topological polar surface area (TPSA) is 59.0 Å². The van der Waals surface area contributed by atoms with E-state index in [0.29, 0.717) is 18.7 Å². The number of hydrogen-bond donors (Lipinski definition) is 2. The number of rotatable bonds is 7. The van der Waals surface area contributed by atoms with Crippen molar-refractivity contribution in [1.29, 1.82) is 0 Å². The van der Waals surface area contributed by atoms with Crippen molar-refractivity contribution in [2.45, 2.75) is 20.0 Å². The van der Waals surface area contributed by atoms with Gasteiger partial charge in [0, 0.05) is 30.5 Å². The molecule has 0 bridgehead atoms. The molecule has 0 atom stereocenters. The van der Waals surface area contributed by atoms with Crippen LogP contribution in [0.25, 0.3) is 0 Å². The lowest BCUT2D eigenvalue weighted by atomic mass is 10.2. The van der Waals surface area contributed by atoms with E-state index in [9.17, 15) is 4.79 Å². The molecule has 110 valence electrons. The molecule has 0 fully saturated rings. The van der Waals surface area contributed by atoms with Crippen LogP contribution >= 0.6 is 0 Å². The average Bonchev–Trinajstić information content (AvgIpc) is 2.98. The van der Waals surface area contributed by atoms with Gasteiger partial charge < -0.3 is 15.2 Å². The lowest BCUT2D eigenvalue weighted by Crippen LogP contribution is -2.23. The van der Waals surface area contributed by atoms with Crippen LogP contribution in [0.2, 0.25) is 0 Å². The molecule has 0 aliphatic heterocycles. The van der Waals surface area contributed by atoms with Gasteiger partial charge in [0.1, 0.15) is 0 Å². The number of anilines is 1. The molecule has 5 heteroatoms. The zero-order valence-corrected chi connectivity index (χ0v) is 12.2. The Kier molecular flexibility index (Phi) is 5.15. The van der Waals surface area contributed by atoms with Crippen molar-refractivity contribution in [3.8, 4) is 0 Å². The van der Waals surface area contributed by atoms with Crippen molar-refractivity contribution in [3.63, 3.8) is 0 Å². The highest BCUT2D eigenvalue weighted by atomic mass is 16.1. The molecule has 0 spiro atoms. The first-order valence-corrected chi connectivity index (χ1v) is 6.96. The maximum atomic E-state index is 11.8. The number of nitrogens with one attached hydrogen (secondary N) is 2. The molecule has 1 aromatic carbocycles. The number of amides is 1. The SMILES string of the molecule is C=CCNC(=O)c1ccc(NCc2cncn2CC)cc1. The van der Waals surface area contributed by atoms with Gasteiger partial charge in [0.05, 0.1) is 18.6 Å². The molecule has 2 rings (SSSR count). The van der Waals surface area contributed by atoms with Gasteiger partial charge in [-0.05, 0) is 31.2 Å². The summed E-state index contributed by atoms with van der Waals surface area (Å²) in [5, 5.41) is 6.07. The second kappa shape index (κ2) is 7.28. The van der Waals surface area contributed by atoms with Crippen LogP contribution in [0.1, 0.15) is 23.0 Å². The smallest absolute Gasteiger partial charge is 0.251 e. The molecule has 1 heterocycles. The van der Waals surface area contributed by atoms with Gasteiger partial charge in [-0.25, -0.2) is 4.98 Å². The van der Waals surface area contributed by atoms with Crippen LogP contribution in [0.3, 0.4) is 0 Å². The van der Waals surface area contributed by atoms with E-state index in [-0.39, 0.29) is 5.91 Å². The van der Waals surface area contributed by atoms with Crippen LogP contribution in [-0.4, -0.2) is 22.0 Å². The molecule has 0 saturated carbocycles. The lowest BCUT2D eigenvalue weighted by molar-refractivity contribution is 0.0958. The van der Waals surface area contributed by atoms with Crippen LogP contribution in [0, 0.1) is 0 Å². The zero-order chi connectivity index (χ0) is 15.1. The molecule has 0 aliphatic carbocycles. The van der Waals surface area contributed by atoms with E-state index in [0.717, 1.165) is 17.9 Å². The van der Waals surface area contributed by atoms with Crippen molar-refractivity contribution in [3.05, 3.63) is 60.7 Å². The van der Waals surface area contributed by atoms with Crippen LogP contribution in [-0.2, 0) is 13.1 Å². The summed E-state index contributed by atoms with van der Waals surface area (Å²) in [6.07, 6.45) is 5.34. The lowest BCUT2D eigenvalue weighted by Gasteiger charge is -2.09. The van der Waals surface area contributed by atoms with Crippen molar-refractivity contribution in [2.24, 2.45) is 0 Å². The third-order valence-corrected chi connectivity index (χ3v) is 3.17. The van der Waals surface area contributed by atoms with E-state index in [1.165, 1.54) is 0 Å². The summed E-state index contributed by atoms with van der Waals surface area (Å²) >= 11 is 0. The van der Waals surface area contributed by atoms with Crippen LogP contribution in [0.5, 0.6) is 0 Å². The number of carbonyl (C=O) groups is 1. The first-order valence-electron chi connectivity index (χ1n) is 6.96. The van der Waals surface area contributed by atoms with Gasteiger partial charge in [-0.1, -0.05) is 6.08 Å². The quantitative estimate of drug-likeness (QED) is 0.768. The summed E-state index contributed by atoms with van der Waals surface area (Å²) in [5.74, 6) is -0.0921. The molecule has 21 heavy (non-hydrogen) atoms. The van der Waals surface area contributed by atoms with Crippen molar-refractivity contribution >= 4 is 11.6 Å². The standard InChI is InChI=1S/C16H20N4O/c1-3-9-18-16(21)13-5-7-14(8-6-13)19-11-15-10-17-12-20(15)4-2/h3,5-8,10,12,19H,1,4,9,11H2,2H3,(H,18,21). The van der Waals surface area contributed by atoms with Crippen molar-refractivity contribution in [2.75, 3.05) is 11.9 Å². The third kappa shape index (κ3) is 3.95. The summed E-state index contributed by atoms with van der Waals surface area (Å²) in [6, 6.07) is 7.40. The van der Waals surface area contributed by atoms with E-state index < -0.39 is 0 Å². The molecule has 2 N–H and O–H groups in total. The number of carbonyl (C=O) groups excluding carboxylic acids is 1. The minimum Gasteiger partial charge on any atom is -0.379 e. The van der Waals surface area contributed by atoms with Crippen LogP contribution in [0.4, 0.5) is 5.69 Å². The predicted molar refractivity (Wildman–Crippen MR) is 84.2 cm³/mol. The molecule has 0 aliphatic rings. The van der Waals surface area contributed by atoms with Crippen LogP contribution < -0.4 is 10.6 Å². The van der Waals surface area contributed by atoms with Gasteiger partial charge in [-0.15, -0.1) is 6.58 Å². The second-order valence-electron chi connectivity index (χ2n) is 4.60. The molecule has 0 radical (unpaired) electrons. The molecular weight excluding hydrogens is 264 g/mol. The fourth-order valence-corrected chi connectivity index (χ4v) is 1.98. The zero-order valence-electron chi connectivity index (χ0n) is 12.2. The van der Waals surface area contributed by atoms with Gasteiger partial charge in [0.25, 0.3) is 5.91 Å². The maximum absolute atomic E-state index is 11.8. The summed E-state index contributed by atoms with van der Waals surface area (Å²) in [6.45, 7) is 7.74. The average molecular weight is 284 g/mol. The number of aryl methyl sites for hydroxylation is 1. The largest absolute Gasteiger partial charge is 0.379 e. The highest BCUT2D eigenvalue weighted by Gasteiger charge is 2.04. The van der Waals surface area contributed by atoms with E-state index in [1.807, 2.05) is 24.7 Å². The number of aromatic nitrogens is 2. The molecule has 0 saturated heterocycles. The Labute approximate surface area is 124 Å². The van der Waals surface area contributed by atoms with E-state index in [4.69, 9.17) is 0 Å². The fourth-order valence-electron chi connectivity index (χ4n) is 1.98. The Bertz CT molecular complexity index is 601. The Balaban J connectivity index is 1.93. The van der Waals surface area contributed by atoms with Gasteiger partial charge in [-0.2, -0.15) is 0 Å².